The predicted octanol–water partition coefficient (Wildman–Crippen LogP) is 3.90. The summed E-state index contributed by atoms with van der Waals surface area (Å²) >= 11 is 0. The molecule has 3 N–H and O–H groups in total. The van der Waals surface area contributed by atoms with Gasteiger partial charge in [0.1, 0.15) is 17.4 Å². The number of benzene rings is 1. The number of aliphatic hydroxyl groups is 2. The van der Waals surface area contributed by atoms with E-state index in [0.29, 0.717) is 34.6 Å². The summed E-state index contributed by atoms with van der Waals surface area (Å²) in [6, 6.07) is 5.56. The number of alkyl halides is 3. The average molecular weight is 482 g/mol. The number of hydrogen-bond donors (Lipinski definition) is 3. The molecule has 1 aromatic heterocycles. The first-order valence-electron chi connectivity index (χ1n) is 10.5. The van der Waals surface area contributed by atoms with Crippen LogP contribution in [0.1, 0.15) is 23.6 Å². The minimum Gasteiger partial charge on any atom is -0.406 e. The highest BCUT2D eigenvalue weighted by molar-refractivity contribution is 6.06. The molecule has 7 nitrogen and oxygen atoms in total. The minimum absolute atomic E-state index is 0.155. The van der Waals surface area contributed by atoms with E-state index in [4.69, 9.17) is 5.41 Å². The van der Waals surface area contributed by atoms with Crippen LogP contribution in [0.3, 0.4) is 0 Å². The van der Waals surface area contributed by atoms with Crippen molar-refractivity contribution in [2.75, 3.05) is 25.0 Å². The van der Waals surface area contributed by atoms with Crippen molar-refractivity contribution >= 4 is 17.2 Å². The van der Waals surface area contributed by atoms with Crippen LogP contribution in [-0.2, 0) is 13.0 Å². The van der Waals surface area contributed by atoms with Crippen LogP contribution in [0.5, 0.6) is 5.75 Å². The molecule has 1 fully saturated rings. The molecular weight excluding hydrogens is 456 g/mol. The van der Waals surface area contributed by atoms with Gasteiger partial charge in [-0.05, 0) is 41.8 Å². The Bertz CT molecular complexity index is 1070. The molecule has 3 rings (SSSR count). The zero-order valence-electron chi connectivity index (χ0n) is 18.7. The van der Waals surface area contributed by atoms with E-state index in [0.717, 1.165) is 0 Å². The average Bonchev–Trinajstić information content (AvgIpc) is 2.75. The van der Waals surface area contributed by atoms with Gasteiger partial charge in [0.25, 0.3) is 0 Å². The molecule has 1 atom stereocenters. The second kappa shape index (κ2) is 10.1. The topological polar surface area (TPSA) is 92.9 Å². The Hall–Kier alpha value is -3.02. The summed E-state index contributed by atoms with van der Waals surface area (Å²) in [5, 5.41) is 28.4. The van der Waals surface area contributed by atoms with E-state index in [-0.39, 0.29) is 37.1 Å². The fourth-order valence-electron chi connectivity index (χ4n) is 3.95. The maximum Gasteiger partial charge on any atom is 0.573 e. The van der Waals surface area contributed by atoms with Crippen molar-refractivity contribution < 1.29 is 32.5 Å². The van der Waals surface area contributed by atoms with Crippen molar-refractivity contribution in [3.05, 3.63) is 59.6 Å². The van der Waals surface area contributed by atoms with Crippen molar-refractivity contribution in [1.82, 2.24) is 9.88 Å². The third kappa shape index (κ3) is 5.37. The fraction of sp³-hybridized carbons (Fsp3) is 0.391. The Morgan fingerprint density at radius 3 is 2.56 bits per heavy atom. The number of anilines is 2. The number of nitrogens with one attached hydrogen (secondary N) is 1. The van der Waals surface area contributed by atoms with E-state index in [9.17, 15) is 27.8 Å². The summed E-state index contributed by atoms with van der Waals surface area (Å²) in [5.41, 5.74) is 2.11. The van der Waals surface area contributed by atoms with Gasteiger partial charge in [0.15, 0.2) is 6.23 Å². The van der Waals surface area contributed by atoms with Crippen molar-refractivity contribution in [3.8, 4) is 5.75 Å². The van der Waals surface area contributed by atoms with E-state index in [2.05, 4.69) is 16.3 Å². The van der Waals surface area contributed by atoms with Gasteiger partial charge in [0, 0.05) is 49.2 Å². The molecule has 1 saturated heterocycles. The first-order valence-corrected chi connectivity index (χ1v) is 10.5. The third-order valence-corrected chi connectivity index (χ3v) is 5.75. The number of ether oxygens (including phenoxy) is 1. The van der Waals surface area contributed by atoms with Crippen LogP contribution < -0.4 is 9.64 Å². The standard InChI is InChI=1S/C23H26F4N4O3/c1-4-14-9-17(34-23(25,26)27)5-6-18(14)30(3)21-19(15(12-32)7-8-29-21)20(28)16-10-31(11-16)22(33)13(2)24/h5-9,16,22,28,32-33H,2,4,10-12H2,1,3H3. The lowest BCUT2D eigenvalue weighted by Gasteiger charge is -2.42. The number of aliphatic hydroxyl groups excluding tert-OH is 2. The molecular formula is C23H26F4N4O3. The van der Waals surface area contributed by atoms with Gasteiger partial charge in [-0.15, -0.1) is 13.2 Å². The Morgan fingerprint density at radius 1 is 1.32 bits per heavy atom. The molecule has 184 valence electrons. The van der Waals surface area contributed by atoms with Gasteiger partial charge in [-0.2, -0.15) is 0 Å². The fourth-order valence-corrected chi connectivity index (χ4v) is 3.95. The number of rotatable bonds is 9. The second-order valence-electron chi connectivity index (χ2n) is 7.96. The van der Waals surface area contributed by atoms with E-state index in [1.54, 1.807) is 24.9 Å². The molecule has 1 unspecified atom stereocenters. The number of aromatic nitrogens is 1. The summed E-state index contributed by atoms with van der Waals surface area (Å²) in [4.78, 5) is 7.46. The van der Waals surface area contributed by atoms with Crippen molar-refractivity contribution in [1.29, 1.82) is 5.41 Å². The van der Waals surface area contributed by atoms with Gasteiger partial charge >= 0.3 is 6.36 Å². The molecule has 11 heteroatoms. The molecule has 2 heterocycles. The van der Waals surface area contributed by atoms with Crippen LogP contribution in [0.2, 0.25) is 0 Å². The van der Waals surface area contributed by atoms with Crippen LogP contribution in [0.4, 0.5) is 29.1 Å². The molecule has 34 heavy (non-hydrogen) atoms. The van der Waals surface area contributed by atoms with Crippen LogP contribution in [-0.4, -0.2) is 58.5 Å². The van der Waals surface area contributed by atoms with Gasteiger partial charge in [0.05, 0.1) is 6.61 Å². The van der Waals surface area contributed by atoms with E-state index in [1.807, 2.05) is 0 Å². The molecule has 0 aliphatic carbocycles. The molecule has 0 radical (unpaired) electrons. The summed E-state index contributed by atoms with van der Waals surface area (Å²) < 4.78 is 55.1. The highest BCUT2D eigenvalue weighted by Gasteiger charge is 2.37. The lowest BCUT2D eigenvalue weighted by molar-refractivity contribution is -0.274. The van der Waals surface area contributed by atoms with Gasteiger partial charge in [-0.3, -0.25) is 4.90 Å². The first-order chi connectivity index (χ1) is 16.0. The lowest BCUT2D eigenvalue weighted by atomic mass is 9.87. The molecule has 0 saturated carbocycles. The summed E-state index contributed by atoms with van der Waals surface area (Å²) in [6.45, 7) is 4.96. The highest BCUT2D eigenvalue weighted by Crippen LogP contribution is 2.36. The summed E-state index contributed by atoms with van der Waals surface area (Å²) in [7, 11) is 1.67. The van der Waals surface area contributed by atoms with Gasteiger partial charge in [-0.25, -0.2) is 9.37 Å². The van der Waals surface area contributed by atoms with Crippen molar-refractivity contribution in [3.63, 3.8) is 0 Å². The first kappa shape index (κ1) is 25.6. The maximum atomic E-state index is 13.2. The zero-order chi connectivity index (χ0) is 25.2. The highest BCUT2D eigenvalue weighted by atomic mass is 19.4. The zero-order valence-corrected chi connectivity index (χ0v) is 18.7. The van der Waals surface area contributed by atoms with Gasteiger partial charge in [-0.1, -0.05) is 13.5 Å². The monoisotopic (exact) mass is 482 g/mol. The molecule has 1 aliphatic rings. The number of pyridine rings is 1. The van der Waals surface area contributed by atoms with Crippen LogP contribution in [0.25, 0.3) is 0 Å². The summed E-state index contributed by atoms with van der Waals surface area (Å²) in [6.07, 6.45) is -4.37. The predicted molar refractivity (Wildman–Crippen MR) is 119 cm³/mol. The quantitative estimate of drug-likeness (QED) is 0.371. The Morgan fingerprint density at radius 2 is 2.00 bits per heavy atom. The van der Waals surface area contributed by atoms with E-state index < -0.39 is 18.4 Å². The normalized spacial score (nSPS) is 15.5. The Balaban J connectivity index is 1.94. The van der Waals surface area contributed by atoms with Crippen molar-refractivity contribution in [2.45, 2.75) is 32.5 Å². The van der Waals surface area contributed by atoms with E-state index in [1.165, 1.54) is 29.3 Å². The van der Waals surface area contributed by atoms with Crippen LogP contribution >= 0.6 is 0 Å². The van der Waals surface area contributed by atoms with Crippen LogP contribution in [0, 0.1) is 11.3 Å². The van der Waals surface area contributed by atoms with E-state index >= 15 is 0 Å². The molecule has 0 amide bonds. The third-order valence-electron chi connectivity index (χ3n) is 5.75. The maximum absolute atomic E-state index is 13.2. The SMILES string of the molecule is C=C(F)C(O)N1CC(C(=N)c2c(CO)ccnc2N(C)c2ccc(OC(F)(F)F)cc2CC)C1. The lowest BCUT2D eigenvalue weighted by Crippen LogP contribution is -2.55. The van der Waals surface area contributed by atoms with Crippen molar-refractivity contribution in [2.24, 2.45) is 5.92 Å². The molecule has 1 aliphatic heterocycles. The van der Waals surface area contributed by atoms with Gasteiger partial charge < -0.3 is 25.3 Å². The number of halogens is 4. The molecule has 0 bridgehead atoms. The number of hydrogen-bond acceptors (Lipinski definition) is 7. The number of nitrogens with zero attached hydrogens (tertiary/aromatic N) is 3. The number of likely N-dealkylation sites (tertiary alicyclic amines) is 1. The van der Waals surface area contributed by atoms with Crippen LogP contribution in [0.15, 0.2) is 42.9 Å². The molecule has 1 aromatic carbocycles. The number of aryl methyl sites for hydroxylation is 1. The van der Waals surface area contributed by atoms with Gasteiger partial charge in [0.2, 0.25) is 0 Å². The minimum atomic E-state index is -4.81. The molecule has 0 spiro atoms. The summed E-state index contributed by atoms with van der Waals surface area (Å²) in [5.74, 6) is -1.23. The largest absolute Gasteiger partial charge is 0.573 e. The smallest absolute Gasteiger partial charge is 0.406 e. The second-order valence-corrected chi connectivity index (χ2v) is 7.96. The Kier molecular flexibility index (Phi) is 7.59. The molecule has 2 aromatic rings. The Labute approximate surface area is 194 Å².